The van der Waals surface area contributed by atoms with Gasteiger partial charge in [0.1, 0.15) is 5.75 Å². The predicted octanol–water partition coefficient (Wildman–Crippen LogP) is 3.01. The van der Waals surface area contributed by atoms with Crippen molar-refractivity contribution in [3.8, 4) is 17.6 Å². The molecule has 0 aliphatic rings. The first-order valence-corrected chi connectivity index (χ1v) is 6.85. The van der Waals surface area contributed by atoms with E-state index < -0.39 is 0 Å². The van der Waals surface area contributed by atoms with Gasteiger partial charge in [0.05, 0.1) is 18.7 Å². The van der Waals surface area contributed by atoms with Crippen LogP contribution in [0.1, 0.15) is 17.5 Å². The minimum atomic E-state index is 0.363. The Hall–Kier alpha value is -2.24. The first kappa shape index (κ1) is 14.2. The molecule has 0 bridgehead atoms. The third kappa shape index (κ3) is 4.46. The third-order valence-electron chi connectivity index (χ3n) is 2.92. The van der Waals surface area contributed by atoms with Crippen molar-refractivity contribution in [3.63, 3.8) is 0 Å². The summed E-state index contributed by atoms with van der Waals surface area (Å²) in [5.41, 5.74) is 7.64. The van der Waals surface area contributed by atoms with Crippen molar-refractivity contribution in [2.75, 3.05) is 13.2 Å². The average Bonchev–Trinajstić information content (AvgIpc) is 2.51. The number of ether oxygens (including phenoxy) is 1. The second-order valence-electron chi connectivity index (χ2n) is 4.44. The summed E-state index contributed by atoms with van der Waals surface area (Å²) in [6, 6.07) is 18.3. The highest BCUT2D eigenvalue weighted by atomic mass is 16.5. The number of hydrogen-bond acceptors (Lipinski definition) is 2. The second kappa shape index (κ2) is 8.04. The van der Waals surface area contributed by atoms with Gasteiger partial charge in [-0.3, -0.25) is 0 Å². The van der Waals surface area contributed by atoms with Gasteiger partial charge in [-0.15, -0.1) is 0 Å². The van der Waals surface area contributed by atoms with Crippen molar-refractivity contribution in [3.05, 3.63) is 65.7 Å². The summed E-state index contributed by atoms with van der Waals surface area (Å²) < 4.78 is 5.81. The van der Waals surface area contributed by atoms with Gasteiger partial charge in [-0.2, -0.15) is 0 Å². The molecule has 2 N–H and O–H groups in total. The Morgan fingerprint density at radius 2 is 1.70 bits per heavy atom. The van der Waals surface area contributed by atoms with Crippen molar-refractivity contribution in [2.45, 2.75) is 12.8 Å². The number of aryl methyl sites for hydroxylation is 1. The van der Waals surface area contributed by atoms with Gasteiger partial charge in [-0.25, -0.2) is 0 Å². The maximum Gasteiger partial charge on any atom is 0.134 e. The fourth-order valence-electron chi connectivity index (χ4n) is 1.95. The minimum Gasteiger partial charge on any atom is -0.492 e. The lowest BCUT2D eigenvalue weighted by Crippen LogP contribution is -2.01. The maximum absolute atomic E-state index is 5.81. The lowest BCUT2D eigenvalue weighted by atomic mass is 10.1. The SMILES string of the molecule is NCC#Cc1ccccc1OCCCc1ccccc1. The lowest BCUT2D eigenvalue weighted by molar-refractivity contribution is 0.310. The van der Waals surface area contributed by atoms with E-state index in [1.165, 1.54) is 5.56 Å². The third-order valence-corrected chi connectivity index (χ3v) is 2.92. The molecule has 0 aliphatic carbocycles. The van der Waals surface area contributed by atoms with Crippen LogP contribution in [-0.2, 0) is 6.42 Å². The molecule has 2 aromatic carbocycles. The molecule has 2 aromatic rings. The topological polar surface area (TPSA) is 35.2 Å². The minimum absolute atomic E-state index is 0.363. The summed E-state index contributed by atoms with van der Waals surface area (Å²) in [5, 5.41) is 0. The Morgan fingerprint density at radius 1 is 0.950 bits per heavy atom. The summed E-state index contributed by atoms with van der Waals surface area (Å²) in [6.07, 6.45) is 2.01. The molecule has 102 valence electrons. The quantitative estimate of drug-likeness (QED) is 0.666. The molecule has 0 saturated carbocycles. The average molecular weight is 265 g/mol. The number of nitrogens with two attached hydrogens (primary N) is 1. The van der Waals surface area contributed by atoms with Gasteiger partial charge in [0.2, 0.25) is 0 Å². The van der Waals surface area contributed by atoms with Crippen LogP contribution in [0.5, 0.6) is 5.75 Å². The van der Waals surface area contributed by atoms with Crippen LogP contribution >= 0.6 is 0 Å². The van der Waals surface area contributed by atoms with Gasteiger partial charge in [-0.1, -0.05) is 54.3 Å². The summed E-state index contributed by atoms with van der Waals surface area (Å²) in [4.78, 5) is 0. The molecule has 0 saturated heterocycles. The van der Waals surface area contributed by atoms with E-state index >= 15 is 0 Å². The Kier molecular flexibility index (Phi) is 5.70. The molecular weight excluding hydrogens is 246 g/mol. The molecule has 20 heavy (non-hydrogen) atoms. The number of hydrogen-bond donors (Lipinski definition) is 1. The van der Waals surface area contributed by atoms with Crippen LogP contribution < -0.4 is 10.5 Å². The zero-order chi connectivity index (χ0) is 14.0. The highest BCUT2D eigenvalue weighted by Gasteiger charge is 2.00. The molecule has 0 fully saturated rings. The first-order chi connectivity index (χ1) is 9.90. The van der Waals surface area contributed by atoms with Crippen LogP contribution in [-0.4, -0.2) is 13.2 Å². The Labute approximate surface area is 120 Å². The Balaban J connectivity index is 1.85. The molecule has 0 aliphatic heterocycles. The van der Waals surface area contributed by atoms with Gasteiger partial charge < -0.3 is 10.5 Å². The molecule has 0 heterocycles. The van der Waals surface area contributed by atoms with Crippen molar-refractivity contribution in [1.82, 2.24) is 0 Å². The molecule has 0 amide bonds. The molecule has 2 rings (SSSR count). The van der Waals surface area contributed by atoms with Crippen molar-refractivity contribution >= 4 is 0 Å². The molecule has 0 aromatic heterocycles. The molecular formula is C18H19NO. The van der Waals surface area contributed by atoms with Crippen LogP contribution in [0.25, 0.3) is 0 Å². The summed E-state index contributed by atoms with van der Waals surface area (Å²) in [6.45, 7) is 1.05. The standard InChI is InChI=1S/C18H19NO/c19-14-6-12-17-11-4-5-13-18(17)20-15-7-10-16-8-2-1-3-9-16/h1-5,8-9,11,13H,7,10,14-15,19H2. The summed E-state index contributed by atoms with van der Waals surface area (Å²) in [7, 11) is 0. The van der Waals surface area contributed by atoms with Crippen LogP contribution in [0.15, 0.2) is 54.6 Å². The van der Waals surface area contributed by atoms with Crippen LogP contribution in [0.4, 0.5) is 0 Å². The van der Waals surface area contributed by atoms with Gasteiger partial charge >= 0.3 is 0 Å². The zero-order valence-corrected chi connectivity index (χ0v) is 11.5. The van der Waals surface area contributed by atoms with Crippen molar-refractivity contribution < 1.29 is 4.74 Å². The van der Waals surface area contributed by atoms with Crippen LogP contribution in [0.2, 0.25) is 0 Å². The number of benzene rings is 2. The number of rotatable bonds is 5. The van der Waals surface area contributed by atoms with Gasteiger partial charge in [0.25, 0.3) is 0 Å². The highest BCUT2D eigenvalue weighted by Crippen LogP contribution is 2.17. The molecule has 0 spiro atoms. The monoisotopic (exact) mass is 265 g/mol. The summed E-state index contributed by atoms with van der Waals surface area (Å²) >= 11 is 0. The Morgan fingerprint density at radius 3 is 2.50 bits per heavy atom. The van der Waals surface area contributed by atoms with Gasteiger partial charge in [0.15, 0.2) is 0 Å². The van der Waals surface area contributed by atoms with Gasteiger partial charge in [-0.05, 0) is 30.5 Å². The van der Waals surface area contributed by atoms with Crippen molar-refractivity contribution in [2.24, 2.45) is 5.73 Å². The van der Waals surface area contributed by atoms with Crippen LogP contribution in [0, 0.1) is 11.8 Å². The molecule has 2 heteroatoms. The number of para-hydroxylation sites is 1. The molecule has 2 nitrogen and oxygen atoms in total. The second-order valence-corrected chi connectivity index (χ2v) is 4.44. The molecule has 0 radical (unpaired) electrons. The maximum atomic E-state index is 5.81. The normalized spacial score (nSPS) is 9.65. The Bertz CT molecular complexity index is 581. The largest absolute Gasteiger partial charge is 0.492 e. The van der Waals surface area contributed by atoms with E-state index in [0.717, 1.165) is 24.2 Å². The van der Waals surface area contributed by atoms with E-state index in [0.29, 0.717) is 13.2 Å². The highest BCUT2D eigenvalue weighted by molar-refractivity contribution is 5.45. The lowest BCUT2D eigenvalue weighted by Gasteiger charge is -2.08. The fraction of sp³-hybridized carbons (Fsp3) is 0.222. The van der Waals surface area contributed by atoms with Crippen LogP contribution in [0.3, 0.4) is 0 Å². The predicted molar refractivity (Wildman–Crippen MR) is 82.6 cm³/mol. The molecule has 0 atom stereocenters. The van der Waals surface area contributed by atoms with E-state index in [1.807, 2.05) is 30.3 Å². The smallest absolute Gasteiger partial charge is 0.134 e. The van der Waals surface area contributed by atoms with E-state index in [4.69, 9.17) is 10.5 Å². The fourth-order valence-corrected chi connectivity index (χ4v) is 1.95. The van der Waals surface area contributed by atoms with E-state index in [2.05, 4.69) is 36.1 Å². The van der Waals surface area contributed by atoms with Crippen molar-refractivity contribution in [1.29, 1.82) is 0 Å². The molecule has 0 unspecified atom stereocenters. The van der Waals surface area contributed by atoms with E-state index in [-0.39, 0.29) is 0 Å². The summed E-state index contributed by atoms with van der Waals surface area (Å²) in [5.74, 6) is 6.73. The van der Waals surface area contributed by atoms with E-state index in [1.54, 1.807) is 0 Å². The first-order valence-electron chi connectivity index (χ1n) is 6.85. The zero-order valence-electron chi connectivity index (χ0n) is 11.5. The van der Waals surface area contributed by atoms with E-state index in [9.17, 15) is 0 Å². The van der Waals surface area contributed by atoms with Gasteiger partial charge in [0, 0.05) is 0 Å².